The second kappa shape index (κ2) is 4.91. The highest BCUT2D eigenvalue weighted by Gasteiger charge is 2.02. The van der Waals surface area contributed by atoms with Crippen LogP contribution in [0, 0.1) is 5.95 Å². The number of nitrogens with one attached hydrogen (secondary N) is 1. The molecule has 1 heterocycles. The lowest BCUT2D eigenvalue weighted by Crippen LogP contribution is -2.12. The van der Waals surface area contributed by atoms with Crippen LogP contribution < -0.4 is 5.32 Å². The van der Waals surface area contributed by atoms with Crippen molar-refractivity contribution in [2.75, 3.05) is 10.6 Å². The number of aromatic nitrogens is 1. The number of pyridine rings is 1. The van der Waals surface area contributed by atoms with Crippen LogP contribution in [-0.2, 0) is 4.79 Å². The molecule has 3 nitrogen and oxygen atoms in total. The molecule has 13 heavy (non-hydrogen) atoms. The summed E-state index contributed by atoms with van der Waals surface area (Å²) in [6.45, 7) is 0. The van der Waals surface area contributed by atoms with Gasteiger partial charge < -0.3 is 5.32 Å². The molecule has 1 rings (SSSR count). The third-order valence-electron chi connectivity index (χ3n) is 1.30. The van der Waals surface area contributed by atoms with Gasteiger partial charge in [-0.25, -0.2) is 4.98 Å². The zero-order valence-corrected chi connectivity index (χ0v) is 8.34. The SMILES string of the molecule is O=C(CCBr)Nc1cccc(F)n1. The first-order valence-electron chi connectivity index (χ1n) is 3.71. The van der Waals surface area contributed by atoms with Crippen LogP contribution in [0.4, 0.5) is 10.2 Å². The number of carbonyl (C=O) groups excluding carboxylic acids is 1. The number of hydrogen-bond donors (Lipinski definition) is 1. The van der Waals surface area contributed by atoms with E-state index in [0.29, 0.717) is 11.8 Å². The summed E-state index contributed by atoms with van der Waals surface area (Å²) in [4.78, 5) is 14.5. The van der Waals surface area contributed by atoms with Gasteiger partial charge in [-0.05, 0) is 12.1 Å². The maximum absolute atomic E-state index is 12.5. The molecule has 0 radical (unpaired) electrons. The van der Waals surface area contributed by atoms with Gasteiger partial charge in [0.05, 0.1) is 0 Å². The Morgan fingerprint density at radius 3 is 3.00 bits per heavy atom. The monoisotopic (exact) mass is 246 g/mol. The van der Waals surface area contributed by atoms with E-state index in [-0.39, 0.29) is 11.7 Å². The molecule has 5 heteroatoms. The van der Waals surface area contributed by atoms with Crippen LogP contribution in [0.5, 0.6) is 0 Å². The highest BCUT2D eigenvalue weighted by molar-refractivity contribution is 9.09. The fourth-order valence-corrected chi connectivity index (χ4v) is 1.13. The van der Waals surface area contributed by atoms with Crippen LogP contribution in [0.15, 0.2) is 18.2 Å². The van der Waals surface area contributed by atoms with Gasteiger partial charge in [-0.3, -0.25) is 4.79 Å². The van der Waals surface area contributed by atoms with E-state index in [4.69, 9.17) is 0 Å². The standard InChI is InChI=1S/C8H8BrFN2O/c9-5-4-8(13)12-7-3-1-2-6(10)11-7/h1-3H,4-5H2,(H,11,12,13). The average molecular weight is 247 g/mol. The molecular weight excluding hydrogens is 239 g/mol. The topological polar surface area (TPSA) is 42.0 Å². The zero-order chi connectivity index (χ0) is 9.68. The van der Waals surface area contributed by atoms with Crippen molar-refractivity contribution in [3.63, 3.8) is 0 Å². The second-order valence-electron chi connectivity index (χ2n) is 2.33. The van der Waals surface area contributed by atoms with Gasteiger partial charge in [0.15, 0.2) is 0 Å². The van der Waals surface area contributed by atoms with E-state index >= 15 is 0 Å². The Balaban J connectivity index is 2.58. The maximum Gasteiger partial charge on any atom is 0.226 e. The summed E-state index contributed by atoms with van der Waals surface area (Å²) in [5, 5.41) is 3.04. The van der Waals surface area contributed by atoms with E-state index in [9.17, 15) is 9.18 Å². The van der Waals surface area contributed by atoms with Gasteiger partial charge in [0.2, 0.25) is 11.9 Å². The van der Waals surface area contributed by atoms with E-state index in [2.05, 4.69) is 26.2 Å². The summed E-state index contributed by atoms with van der Waals surface area (Å²) >= 11 is 3.12. The normalized spacial score (nSPS) is 9.69. The summed E-state index contributed by atoms with van der Waals surface area (Å²) in [5.74, 6) is -0.544. The van der Waals surface area contributed by atoms with Gasteiger partial charge >= 0.3 is 0 Å². The van der Waals surface area contributed by atoms with Crippen molar-refractivity contribution in [1.29, 1.82) is 0 Å². The number of halogens is 2. The molecule has 0 saturated carbocycles. The first-order chi connectivity index (χ1) is 6.22. The van der Waals surface area contributed by atoms with Gasteiger partial charge in [0.1, 0.15) is 5.82 Å². The molecule has 0 aliphatic heterocycles. The highest BCUT2D eigenvalue weighted by atomic mass is 79.9. The molecule has 70 valence electrons. The lowest BCUT2D eigenvalue weighted by molar-refractivity contribution is -0.115. The molecule has 1 aromatic heterocycles. The Labute approximate surface area is 83.5 Å². The zero-order valence-electron chi connectivity index (χ0n) is 6.76. The highest BCUT2D eigenvalue weighted by Crippen LogP contribution is 2.04. The van der Waals surface area contributed by atoms with Crippen molar-refractivity contribution in [2.45, 2.75) is 6.42 Å². The molecule has 0 aromatic carbocycles. The molecule has 1 amide bonds. The third kappa shape index (κ3) is 3.50. The van der Waals surface area contributed by atoms with Crippen molar-refractivity contribution >= 4 is 27.7 Å². The Kier molecular flexibility index (Phi) is 3.82. The lowest BCUT2D eigenvalue weighted by Gasteiger charge is -2.01. The molecule has 0 unspecified atom stereocenters. The van der Waals surface area contributed by atoms with Crippen LogP contribution in [0.1, 0.15) is 6.42 Å². The Hall–Kier alpha value is -0.970. The number of alkyl halides is 1. The van der Waals surface area contributed by atoms with Crippen molar-refractivity contribution < 1.29 is 9.18 Å². The van der Waals surface area contributed by atoms with Gasteiger partial charge in [0, 0.05) is 11.8 Å². The van der Waals surface area contributed by atoms with Crippen LogP contribution in [-0.4, -0.2) is 16.2 Å². The quantitative estimate of drug-likeness (QED) is 0.655. The first kappa shape index (κ1) is 10.1. The average Bonchev–Trinajstić information content (AvgIpc) is 2.04. The summed E-state index contributed by atoms with van der Waals surface area (Å²) in [7, 11) is 0. The van der Waals surface area contributed by atoms with E-state index in [1.807, 2.05) is 0 Å². The minimum absolute atomic E-state index is 0.185. The Bertz CT molecular complexity index is 306. The molecule has 0 aliphatic carbocycles. The molecule has 1 aromatic rings. The number of amides is 1. The van der Waals surface area contributed by atoms with Crippen molar-refractivity contribution in [2.24, 2.45) is 0 Å². The van der Waals surface area contributed by atoms with Crippen LogP contribution in [0.2, 0.25) is 0 Å². The van der Waals surface area contributed by atoms with Crippen LogP contribution >= 0.6 is 15.9 Å². The summed E-state index contributed by atoms with van der Waals surface area (Å²) in [6, 6.07) is 4.25. The number of rotatable bonds is 3. The fourth-order valence-electron chi connectivity index (χ4n) is 0.769. The Morgan fingerprint density at radius 1 is 1.62 bits per heavy atom. The number of nitrogens with zero attached hydrogens (tertiary/aromatic N) is 1. The van der Waals surface area contributed by atoms with Crippen molar-refractivity contribution in [3.05, 3.63) is 24.1 Å². The third-order valence-corrected chi connectivity index (χ3v) is 1.70. The van der Waals surface area contributed by atoms with Crippen LogP contribution in [0.3, 0.4) is 0 Å². The predicted octanol–water partition coefficient (Wildman–Crippen LogP) is 1.94. The molecule has 0 aliphatic rings. The van der Waals surface area contributed by atoms with E-state index < -0.39 is 5.95 Å². The second-order valence-corrected chi connectivity index (χ2v) is 3.13. The molecule has 0 atom stereocenters. The lowest BCUT2D eigenvalue weighted by atomic mass is 10.4. The molecule has 0 spiro atoms. The molecule has 1 N–H and O–H groups in total. The Morgan fingerprint density at radius 2 is 2.38 bits per heavy atom. The predicted molar refractivity (Wildman–Crippen MR) is 51.2 cm³/mol. The number of anilines is 1. The minimum Gasteiger partial charge on any atom is -0.311 e. The largest absolute Gasteiger partial charge is 0.311 e. The van der Waals surface area contributed by atoms with Crippen LogP contribution in [0.25, 0.3) is 0 Å². The number of carbonyl (C=O) groups is 1. The van der Waals surface area contributed by atoms with E-state index in [1.165, 1.54) is 18.2 Å². The molecule has 0 bridgehead atoms. The summed E-state index contributed by atoms with van der Waals surface area (Å²) < 4.78 is 12.5. The van der Waals surface area contributed by atoms with Gasteiger partial charge in [-0.2, -0.15) is 4.39 Å². The maximum atomic E-state index is 12.5. The van der Waals surface area contributed by atoms with Crippen molar-refractivity contribution in [3.8, 4) is 0 Å². The van der Waals surface area contributed by atoms with Crippen molar-refractivity contribution in [1.82, 2.24) is 4.98 Å². The summed E-state index contributed by atoms with van der Waals surface area (Å²) in [6.07, 6.45) is 0.345. The molecular formula is C8H8BrFN2O. The van der Waals surface area contributed by atoms with Gasteiger partial charge in [-0.15, -0.1) is 0 Å². The van der Waals surface area contributed by atoms with E-state index in [1.54, 1.807) is 0 Å². The van der Waals surface area contributed by atoms with Gasteiger partial charge in [0.25, 0.3) is 0 Å². The minimum atomic E-state index is -0.600. The smallest absolute Gasteiger partial charge is 0.226 e. The summed E-state index contributed by atoms with van der Waals surface area (Å²) in [5.41, 5.74) is 0. The van der Waals surface area contributed by atoms with Gasteiger partial charge in [-0.1, -0.05) is 22.0 Å². The molecule has 0 saturated heterocycles. The number of hydrogen-bond acceptors (Lipinski definition) is 2. The first-order valence-corrected chi connectivity index (χ1v) is 4.83. The van der Waals surface area contributed by atoms with E-state index in [0.717, 1.165) is 0 Å². The fraction of sp³-hybridized carbons (Fsp3) is 0.250. The molecule has 0 fully saturated rings.